The van der Waals surface area contributed by atoms with E-state index in [1.54, 1.807) is 12.2 Å². The van der Waals surface area contributed by atoms with Crippen LogP contribution in [-0.4, -0.2) is 75.8 Å². The second kappa shape index (κ2) is 40.4. The summed E-state index contributed by atoms with van der Waals surface area (Å²) in [5.74, 6) is -0.880. The Kier molecular flexibility index (Phi) is 38.0. The number of hydrogen-bond acceptors (Lipinski definition) is 9. The van der Waals surface area contributed by atoms with Gasteiger partial charge in [0.05, 0.1) is 27.7 Å². The third-order valence-corrected chi connectivity index (χ3v) is 9.72. The Balaban J connectivity index is 4.63. The predicted octanol–water partition coefficient (Wildman–Crippen LogP) is 11.7. The minimum atomic E-state index is -4.68. The Hall–Kier alpha value is -3.66. The Morgan fingerprint density at radius 1 is 0.557 bits per heavy atom. The SMILES string of the molecule is CCCCC/C=C\C/C=C\C/C=C\C/C=C\C/C=C\CCC(=O)O[C@H](COC(=O)CCC/C=C\C/C=C\C/C=C\C=C\C(=O)CCCCC)COP(=O)([O-])OCC[N+](C)(C)C. The quantitative estimate of drug-likeness (QED) is 0.0113. The van der Waals surface area contributed by atoms with Crippen molar-refractivity contribution in [1.29, 1.82) is 0 Å². The molecule has 0 amide bonds. The standard InChI is InChI=1S/C50H80NO9P/c1-6-8-10-11-12-13-14-15-16-17-18-19-20-21-24-28-31-34-38-42-50(54)60-48(46-59-61(55,56)58-44-43-51(3,4)5)45-57-49(53)41-37-33-30-27-25-22-23-26-29-32-36-40-47(52)39-35-9-7-2/h12-13,15-16,18-19,21-24,27,29-32,34,36,40,48H,6-11,14,17,20,25-26,28,33,35,37-39,41-46H2,1-5H3/b13-12-,16-15-,19-18-,23-22-,24-21-,30-27-,32-29-,34-31-,40-36+/t48-/m1/s1. The molecule has 10 nitrogen and oxygen atoms in total. The normalized spacial score (nSPS) is 14.5. The van der Waals surface area contributed by atoms with E-state index >= 15 is 0 Å². The number of unbranched alkanes of at least 4 members (excludes halogenated alkanes) is 6. The average molecular weight is 870 g/mol. The Morgan fingerprint density at radius 3 is 1.62 bits per heavy atom. The third kappa shape index (κ3) is 44.2. The van der Waals surface area contributed by atoms with E-state index in [2.05, 4.69) is 74.6 Å². The van der Waals surface area contributed by atoms with Crippen LogP contribution in [0.3, 0.4) is 0 Å². The molecular weight excluding hydrogens is 790 g/mol. The van der Waals surface area contributed by atoms with Crippen LogP contribution in [0.15, 0.2) is 109 Å². The fraction of sp³-hybridized carbons (Fsp3) is 0.580. The lowest BCUT2D eigenvalue weighted by Crippen LogP contribution is -2.37. The van der Waals surface area contributed by atoms with E-state index in [0.29, 0.717) is 36.7 Å². The summed E-state index contributed by atoms with van der Waals surface area (Å²) >= 11 is 0. The first kappa shape index (κ1) is 57.3. The number of phosphoric acid groups is 1. The molecule has 0 saturated heterocycles. The molecule has 0 aliphatic rings. The third-order valence-electron chi connectivity index (χ3n) is 8.76. The first-order valence-electron chi connectivity index (χ1n) is 22.5. The molecule has 0 spiro atoms. The molecule has 0 aromatic rings. The molecule has 0 saturated carbocycles. The van der Waals surface area contributed by atoms with Gasteiger partial charge in [-0.1, -0.05) is 143 Å². The number of allylic oxidation sites excluding steroid dienone is 18. The highest BCUT2D eigenvalue weighted by Gasteiger charge is 2.21. The van der Waals surface area contributed by atoms with Crippen molar-refractivity contribution in [2.24, 2.45) is 0 Å². The molecule has 0 aromatic heterocycles. The summed E-state index contributed by atoms with van der Waals surface area (Å²) in [4.78, 5) is 49.2. The van der Waals surface area contributed by atoms with Gasteiger partial charge in [0.2, 0.25) is 0 Å². The second-order valence-corrected chi connectivity index (χ2v) is 17.1. The molecular formula is C50H80NO9P. The van der Waals surface area contributed by atoms with E-state index in [1.165, 1.54) is 25.7 Å². The Bertz CT molecular complexity index is 1460. The first-order chi connectivity index (χ1) is 29.4. The maximum absolute atomic E-state index is 12.7. The molecule has 0 rings (SSSR count). The molecule has 0 radical (unpaired) electrons. The van der Waals surface area contributed by atoms with Gasteiger partial charge in [-0.15, -0.1) is 0 Å². The zero-order valence-electron chi connectivity index (χ0n) is 38.3. The van der Waals surface area contributed by atoms with Gasteiger partial charge in [-0.2, -0.15) is 0 Å². The molecule has 344 valence electrons. The zero-order chi connectivity index (χ0) is 45.1. The number of ketones is 1. The van der Waals surface area contributed by atoms with Crippen molar-refractivity contribution in [3.8, 4) is 0 Å². The van der Waals surface area contributed by atoms with E-state index in [4.69, 9.17) is 18.5 Å². The molecule has 0 aliphatic carbocycles. The summed E-state index contributed by atoms with van der Waals surface area (Å²) in [6.07, 6.45) is 51.2. The van der Waals surface area contributed by atoms with Crippen LogP contribution in [0.4, 0.5) is 0 Å². The molecule has 2 atom stereocenters. The van der Waals surface area contributed by atoms with E-state index in [1.807, 2.05) is 57.6 Å². The van der Waals surface area contributed by atoms with Crippen LogP contribution >= 0.6 is 7.82 Å². The number of esters is 2. The van der Waals surface area contributed by atoms with E-state index in [-0.39, 0.29) is 31.8 Å². The lowest BCUT2D eigenvalue weighted by molar-refractivity contribution is -0.870. The van der Waals surface area contributed by atoms with Crippen molar-refractivity contribution >= 4 is 25.5 Å². The van der Waals surface area contributed by atoms with Gasteiger partial charge in [-0.3, -0.25) is 18.9 Å². The molecule has 0 bridgehead atoms. The summed E-state index contributed by atoms with van der Waals surface area (Å²) in [5.41, 5.74) is 0. The van der Waals surface area contributed by atoms with Crippen molar-refractivity contribution < 1.29 is 46.8 Å². The van der Waals surface area contributed by atoms with Crippen molar-refractivity contribution in [2.45, 2.75) is 142 Å². The highest BCUT2D eigenvalue weighted by atomic mass is 31.2. The van der Waals surface area contributed by atoms with Crippen LogP contribution in [0, 0.1) is 0 Å². The molecule has 0 heterocycles. The zero-order valence-corrected chi connectivity index (χ0v) is 39.2. The van der Waals surface area contributed by atoms with Crippen LogP contribution < -0.4 is 4.89 Å². The van der Waals surface area contributed by atoms with Gasteiger partial charge < -0.3 is 27.9 Å². The van der Waals surface area contributed by atoms with Gasteiger partial charge in [-0.25, -0.2) is 0 Å². The van der Waals surface area contributed by atoms with Gasteiger partial charge in [0.1, 0.15) is 19.8 Å². The Morgan fingerprint density at radius 2 is 1.07 bits per heavy atom. The average Bonchev–Trinajstić information content (AvgIpc) is 3.21. The summed E-state index contributed by atoms with van der Waals surface area (Å²) in [5, 5.41) is 0. The van der Waals surface area contributed by atoms with Gasteiger partial charge >= 0.3 is 11.9 Å². The second-order valence-electron chi connectivity index (χ2n) is 15.7. The number of carbonyl (C=O) groups is 3. The fourth-order valence-corrected chi connectivity index (χ4v) is 5.90. The maximum Gasteiger partial charge on any atom is 0.306 e. The lowest BCUT2D eigenvalue weighted by atomic mass is 10.1. The minimum absolute atomic E-state index is 0.0690. The number of carbonyl (C=O) groups excluding carboxylic acids is 3. The smallest absolute Gasteiger partial charge is 0.306 e. The minimum Gasteiger partial charge on any atom is -0.756 e. The van der Waals surface area contributed by atoms with Crippen LogP contribution in [-0.2, 0) is 37.5 Å². The summed E-state index contributed by atoms with van der Waals surface area (Å²) in [6, 6.07) is 0. The largest absolute Gasteiger partial charge is 0.756 e. The van der Waals surface area contributed by atoms with Gasteiger partial charge in [-0.05, 0) is 83.1 Å². The predicted molar refractivity (Wildman–Crippen MR) is 250 cm³/mol. The Labute approximate surface area is 370 Å². The van der Waals surface area contributed by atoms with E-state index in [9.17, 15) is 23.8 Å². The number of ether oxygens (including phenoxy) is 2. The molecule has 0 aliphatic heterocycles. The van der Waals surface area contributed by atoms with Crippen molar-refractivity contribution in [3.63, 3.8) is 0 Å². The molecule has 0 aromatic carbocycles. The first-order valence-corrected chi connectivity index (χ1v) is 24.0. The molecule has 0 fully saturated rings. The molecule has 11 heteroatoms. The number of hydrogen-bond donors (Lipinski definition) is 0. The molecule has 0 N–H and O–H groups in total. The molecule has 1 unspecified atom stereocenters. The summed E-state index contributed by atoms with van der Waals surface area (Å²) < 4.78 is 33.7. The molecule has 61 heavy (non-hydrogen) atoms. The summed E-state index contributed by atoms with van der Waals surface area (Å²) in [6.45, 7) is 3.83. The van der Waals surface area contributed by atoms with Crippen LogP contribution in [0.1, 0.15) is 136 Å². The van der Waals surface area contributed by atoms with Crippen LogP contribution in [0.5, 0.6) is 0 Å². The van der Waals surface area contributed by atoms with Crippen molar-refractivity contribution in [2.75, 3.05) is 47.5 Å². The lowest BCUT2D eigenvalue weighted by Gasteiger charge is -2.28. The van der Waals surface area contributed by atoms with Crippen molar-refractivity contribution in [1.82, 2.24) is 0 Å². The summed E-state index contributed by atoms with van der Waals surface area (Å²) in [7, 11) is 1.04. The fourth-order valence-electron chi connectivity index (χ4n) is 5.17. The number of likely N-dealkylation sites (N-methyl/N-ethyl adjacent to an activating group) is 1. The van der Waals surface area contributed by atoms with Crippen LogP contribution in [0.25, 0.3) is 0 Å². The highest BCUT2D eigenvalue weighted by Crippen LogP contribution is 2.38. The highest BCUT2D eigenvalue weighted by molar-refractivity contribution is 7.45. The number of nitrogens with zero attached hydrogens (tertiary/aromatic N) is 1. The van der Waals surface area contributed by atoms with Gasteiger partial charge in [0, 0.05) is 19.3 Å². The van der Waals surface area contributed by atoms with Crippen LogP contribution in [0.2, 0.25) is 0 Å². The number of rotatable bonds is 39. The number of phosphoric ester groups is 1. The maximum atomic E-state index is 12.7. The van der Waals surface area contributed by atoms with Crippen molar-refractivity contribution in [3.05, 3.63) is 109 Å². The van der Waals surface area contributed by atoms with Gasteiger partial charge in [0.25, 0.3) is 7.82 Å². The van der Waals surface area contributed by atoms with E-state index in [0.717, 1.165) is 57.8 Å². The monoisotopic (exact) mass is 870 g/mol. The van der Waals surface area contributed by atoms with E-state index < -0.39 is 32.5 Å². The van der Waals surface area contributed by atoms with Gasteiger partial charge in [0.15, 0.2) is 11.9 Å². The topological polar surface area (TPSA) is 128 Å². The number of quaternary nitrogens is 1.